The zero-order valence-electron chi connectivity index (χ0n) is 15.0. The van der Waals surface area contributed by atoms with E-state index in [0.717, 1.165) is 10.5 Å². The van der Waals surface area contributed by atoms with E-state index in [1.807, 2.05) is 13.8 Å². The standard InChI is InChI=1S/C19H19Br2NO5/c1-10(2)13-8-12(4-5-16(13)23)27-18-14(20)6-11(7-15(18)21)19(26)22(3)9-17(24)25/h4-8,10,23H,9H2,1-3H3,(H,24,25). The molecule has 0 bridgehead atoms. The van der Waals surface area contributed by atoms with Gasteiger partial charge in [-0.1, -0.05) is 13.8 Å². The Morgan fingerprint density at radius 3 is 2.26 bits per heavy atom. The molecule has 2 N–H and O–H groups in total. The van der Waals surface area contributed by atoms with Crippen LogP contribution in [0.4, 0.5) is 0 Å². The lowest BCUT2D eigenvalue weighted by Gasteiger charge is -2.17. The molecule has 2 aromatic carbocycles. The zero-order valence-corrected chi connectivity index (χ0v) is 18.2. The van der Waals surface area contributed by atoms with E-state index < -0.39 is 18.4 Å². The van der Waals surface area contributed by atoms with Crippen LogP contribution < -0.4 is 4.74 Å². The molecule has 2 aromatic rings. The molecule has 0 heterocycles. The summed E-state index contributed by atoms with van der Waals surface area (Å²) in [6, 6.07) is 8.14. The number of carboxylic acids is 1. The van der Waals surface area contributed by atoms with Crippen molar-refractivity contribution in [2.45, 2.75) is 19.8 Å². The second-order valence-electron chi connectivity index (χ2n) is 6.30. The molecule has 1 amide bonds. The van der Waals surface area contributed by atoms with Gasteiger partial charge in [0.2, 0.25) is 0 Å². The van der Waals surface area contributed by atoms with Crippen molar-refractivity contribution in [2.24, 2.45) is 0 Å². The average molecular weight is 501 g/mol. The Bertz CT molecular complexity index is 859. The number of carbonyl (C=O) groups excluding carboxylic acids is 1. The molecule has 27 heavy (non-hydrogen) atoms. The first-order chi connectivity index (χ1) is 12.6. The number of nitrogens with zero attached hydrogens (tertiary/aromatic N) is 1. The van der Waals surface area contributed by atoms with Crippen LogP contribution in [0.15, 0.2) is 39.3 Å². The van der Waals surface area contributed by atoms with Gasteiger partial charge in [-0.05, 0) is 68.1 Å². The highest BCUT2D eigenvalue weighted by molar-refractivity contribution is 9.11. The van der Waals surface area contributed by atoms with Gasteiger partial charge < -0.3 is 19.8 Å². The Morgan fingerprint density at radius 1 is 1.15 bits per heavy atom. The minimum Gasteiger partial charge on any atom is -0.508 e. The fourth-order valence-corrected chi connectivity index (χ4v) is 3.80. The molecule has 0 spiro atoms. The number of halogens is 2. The van der Waals surface area contributed by atoms with E-state index in [1.165, 1.54) is 7.05 Å². The molecule has 8 heteroatoms. The van der Waals surface area contributed by atoms with Crippen LogP contribution in [0.5, 0.6) is 17.2 Å². The topological polar surface area (TPSA) is 87.1 Å². The number of hydrogen-bond donors (Lipinski definition) is 2. The Morgan fingerprint density at radius 2 is 1.74 bits per heavy atom. The molecule has 0 aromatic heterocycles. The molecule has 0 aliphatic rings. The monoisotopic (exact) mass is 499 g/mol. The van der Waals surface area contributed by atoms with Crippen molar-refractivity contribution in [2.75, 3.05) is 13.6 Å². The summed E-state index contributed by atoms with van der Waals surface area (Å²) in [7, 11) is 1.42. The van der Waals surface area contributed by atoms with Crippen LogP contribution >= 0.6 is 31.9 Å². The highest BCUT2D eigenvalue weighted by Crippen LogP contribution is 2.39. The third-order valence-electron chi connectivity index (χ3n) is 3.81. The average Bonchev–Trinajstić information content (AvgIpc) is 2.57. The number of carboxylic acid groups (broad SMARTS) is 1. The van der Waals surface area contributed by atoms with E-state index in [2.05, 4.69) is 31.9 Å². The summed E-state index contributed by atoms with van der Waals surface area (Å²) in [5, 5.41) is 18.8. The molecule has 2 rings (SSSR count). The number of hydrogen-bond acceptors (Lipinski definition) is 4. The Labute approximate surface area is 174 Å². The van der Waals surface area contributed by atoms with Gasteiger partial charge in [-0.3, -0.25) is 9.59 Å². The van der Waals surface area contributed by atoms with Gasteiger partial charge in [-0.25, -0.2) is 0 Å². The van der Waals surface area contributed by atoms with Crippen molar-refractivity contribution in [1.29, 1.82) is 0 Å². The maximum Gasteiger partial charge on any atom is 0.323 e. The summed E-state index contributed by atoms with van der Waals surface area (Å²) in [5.41, 5.74) is 1.08. The summed E-state index contributed by atoms with van der Waals surface area (Å²) in [5.74, 6) is -0.162. The van der Waals surface area contributed by atoms with E-state index in [0.29, 0.717) is 26.0 Å². The Kier molecular flexibility index (Phi) is 6.89. The molecule has 0 radical (unpaired) electrons. The van der Waals surface area contributed by atoms with Crippen LogP contribution in [0.1, 0.15) is 35.7 Å². The molecular weight excluding hydrogens is 482 g/mol. The maximum absolute atomic E-state index is 12.4. The molecule has 144 valence electrons. The summed E-state index contributed by atoms with van der Waals surface area (Å²) in [4.78, 5) is 24.3. The lowest BCUT2D eigenvalue weighted by molar-refractivity contribution is -0.137. The number of aliphatic carboxylic acids is 1. The van der Waals surface area contributed by atoms with E-state index in [1.54, 1.807) is 30.3 Å². The van der Waals surface area contributed by atoms with Gasteiger partial charge in [0.25, 0.3) is 5.91 Å². The van der Waals surface area contributed by atoms with Crippen molar-refractivity contribution in [3.05, 3.63) is 50.4 Å². The second kappa shape index (κ2) is 8.75. The van der Waals surface area contributed by atoms with Gasteiger partial charge in [0.15, 0.2) is 5.75 Å². The first-order valence-electron chi connectivity index (χ1n) is 8.07. The third-order valence-corrected chi connectivity index (χ3v) is 4.98. The van der Waals surface area contributed by atoms with Crippen LogP contribution in [0.25, 0.3) is 0 Å². The number of amides is 1. The van der Waals surface area contributed by atoms with Crippen molar-refractivity contribution in [3.8, 4) is 17.2 Å². The highest BCUT2D eigenvalue weighted by atomic mass is 79.9. The van der Waals surface area contributed by atoms with Crippen LogP contribution in [0.2, 0.25) is 0 Å². The molecular formula is C19H19Br2NO5. The molecule has 0 saturated heterocycles. The maximum atomic E-state index is 12.4. The van der Waals surface area contributed by atoms with Gasteiger partial charge in [-0.2, -0.15) is 0 Å². The molecule has 6 nitrogen and oxygen atoms in total. The summed E-state index contributed by atoms with van der Waals surface area (Å²) in [6.07, 6.45) is 0. The van der Waals surface area contributed by atoms with Crippen LogP contribution in [0, 0.1) is 0 Å². The molecule has 0 atom stereocenters. The Balaban J connectivity index is 2.31. The number of rotatable bonds is 6. The first kappa shape index (κ1) is 21.2. The minimum absolute atomic E-state index is 0.130. The van der Waals surface area contributed by atoms with Crippen molar-refractivity contribution in [1.82, 2.24) is 4.90 Å². The highest BCUT2D eigenvalue weighted by Gasteiger charge is 2.19. The quantitative estimate of drug-likeness (QED) is 0.583. The van der Waals surface area contributed by atoms with Gasteiger partial charge in [0, 0.05) is 18.2 Å². The van der Waals surface area contributed by atoms with Crippen LogP contribution in [-0.4, -0.2) is 40.6 Å². The summed E-state index contributed by atoms with van der Waals surface area (Å²) >= 11 is 6.79. The number of phenols is 1. The van der Waals surface area contributed by atoms with Gasteiger partial charge in [-0.15, -0.1) is 0 Å². The lowest BCUT2D eigenvalue weighted by atomic mass is 10.0. The Hall–Kier alpha value is -2.06. The second-order valence-corrected chi connectivity index (χ2v) is 8.01. The zero-order chi connectivity index (χ0) is 20.3. The molecule has 0 saturated carbocycles. The summed E-state index contributed by atoms with van der Waals surface area (Å²) in [6.45, 7) is 3.55. The number of phenolic OH excluding ortho intramolecular Hbond substituents is 1. The van der Waals surface area contributed by atoms with E-state index in [-0.39, 0.29) is 11.7 Å². The largest absolute Gasteiger partial charge is 0.508 e. The predicted molar refractivity (Wildman–Crippen MR) is 109 cm³/mol. The molecule has 0 aliphatic carbocycles. The lowest BCUT2D eigenvalue weighted by Crippen LogP contribution is -2.31. The normalized spacial score (nSPS) is 10.7. The molecule has 0 aliphatic heterocycles. The number of carbonyl (C=O) groups is 2. The van der Waals surface area contributed by atoms with Crippen LogP contribution in [0.3, 0.4) is 0 Å². The van der Waals surface area contributed by atoms with Gasteiger partial charge >= 0.3 is 5.97 Å². The molecule has 0 unspecified atom stereocenters. The van der Waals surface area contributed by atoms with Gasteiger partial charge in [0.05, 0.1) is 8.95 Å². The van der Waals surface area contributed by atoms with E-state index in [9.17, 15) is 14.7 Å². The van der Waals surface area contributed by atoms with Crippen molar-refractivity contribution < 1.29 is 24.5 Å². The minimum atomic E-state index is -1.09. The number of aromatic hydroxyl groups is 1. The first-order valence-corrected chi connectivity index (χ1v) is 9.65. The van der Waals surface area contributed by atoms with Crippen molar-refractivity contribution >= 4 is 43.7 Å². The summed E-state index contributed by atoms with van der Waals surface area (Å²) < 4.78 is 6.98. The predicted octanol–water partition coefficient (Wildman–Crippen LogP) is 4.99. The third kappa shape index (κ3) is 5.23. The number of ether oxygens (including phenoxy) is 1. The molecule has 0 fully saturated rings. The van der Waals surface area contributed by atoms with Crippen LogP contribution in [-0.2, 0) is 4.79 Å². The SMILES string of the molecule is CC(C)c1cc(Oc2c(Br)cc(C(=O)N(C)CC(=O)O)cc2Br)ccc1O. The number of benzene rings is 2. The number of likely N-dealkylation sites (N-methyl/N-ethyl adjacent to an activating group) is 1. The van der Waals surface area contributed by atoms with Gasteiger partial charge in [0.1, 0.15) is 18.0 Å². The fourth-order valence-electron chi connectivity index (χ4n) is 2.45. The van der Waals surface area contributed by atoms with Crippen molar-refractivity contribution in [3.63, 3.8) is 0 Å². The smallest absolute Gasteiger partial charge is 0.323 e. The van der Waals surface area contributed by atoms with E-state index in [4.69, 9.17) is 9.84 Å². The fraction of sp³-hybridized carbons (Fsp3) is 0.263. The van der Waals surface area contributed by atoms with E-state index >= 15 is 0 Å².